The van der Waals surface area contributed by atoms with Gasteiger partial charge in [-0.2, -0.15) is 0 Å². The van der Waals surface area contributed by atoms with Crippen molar-refractivity contribution in [2.45, 2.75) is 83.5 Å². The fourth-order valence-electron chi connectivity index (χ4n) is 12.8. The lowest BCUT2D eigenvalue weighted by Gasteiger charge is -2.33. The lowest BCUT2D eigenvalue weighted by atomic mass is 9.35. The van der Waals surface area contributed by atoms with Crippen molar-refractivity contribution in [2.75, 3.05) is 0 Å². The molecule has 2 nitrogen and oxygen atoms in total. The van der Waals surface area contributed by atoms with Crippen LogP contribution in [0.1, 0.15) is 89.2 Å². The topological polar surface area (TPSA) is 25.8 Å². The second-order valence-corrected chi connectivity index (χ2v) is 25.2. The number of fused-ring (bicyclic) bond motifs is 3. The Morgan fingerprint density at radius 1 is 0.287 bits per heavy atom. The number of benzene rings is 8. The lowest BCUT2D eigenvalue weighted by molar-refractivity contribution is 0.382. The van der Waals surface area contributed by atoms with Crippen LogP contribution in [0.25, 0.3) is 53.2 Å². The second kappa shape index (κ2) is 27.9. The maximum atomic E-state index is 16.7. The number of hydrogen-bond acceptors (Lipinski definition) is 4. The third kappa shape index (κ3) is 11.7. The third-order valence-corrected chi connectivity index (χ3v) is 19.7. The number of halogens is 28. The molecule has 526 valence electrons. The van der Waals surface area contributed by atoms with Crippen LogP contribution >= 0.6 is 22.7 Å². The van der Waals surface area contributed by atoms with E-state index in [0.717, 1.165) is 12.4 Å². The number of unbranched alkanes of at least 4 members (excludes halogenated alkanes) is 6. The summed E-state index contributed by atoms with van der Waals surface area (Å²) < 4.78 is 435. The summed E-state index contributed by atoms with van der Waals surface area (Å²) in [6.07, 6.45) is 6.83. The first kappa shape index (κ1) is 73.4. The van der Waals surface area contributed by atoms with Crippen LogP contribution in [0.5, 0.6) is 0 Å². The summed E-state index contributed by atoms with van der Waals surface area (Å²) in [4.78, 5) is 7.44. The maximum absolute atomic E-state index is 16.7. The molecule has 2 heterocycles. The lowest BCUT2D eigenvalue weighted by Crippen LogP contribution is -2.60. The maximum Gasteiger partial charge on any atom is 0.262 e. The molecular formula is C67H34B2F28N2S2. The van der Waals surface area contributed by atoms with Gasteiger partial charge in [0.1, 0.15) is 10.0 Å². The van der Waals surface area contributed by atoms with E-state index in [-0.39, 0.29) is 56.4 Å². The Kier molecular flexibility index (Phi) is 20.2. The van der Waals surface area contributed by atoms with Gasteiger partial charge in [-0.3, -0.25) is 0 Å². The molecule has 1 aliphatic carbocycles. The third-order valence-electron chi connectivity index (χ3n) is 17.6. The van der Waals surface area contributed by atoms with Crippen molar-refractivity contribution >= 4 is 68.9 Å². The van der Waals surface area contributed by atoms with E-state index in [1.807, 2.05) is 13.8 Å². The van der Waals surface area contributed by atoms with Gasteiger partial charge >= 0.3 is 0 Å². The molecule has 0 aliphatic heterocycles. The fraction of sp³-hybridized carbons (Fsp3) is 0.194. The molecule has 0 saturated carbocycles. The highest BCUT2D eigenvalue weighted by Crippen LogP contribution is 2.56. The van der Waals surface area contributed by atoms with Crippen LogP contribution in [0, 0.1) is 163 Å². The van der Waals surface area contributed by atoms with Crippen LogP contribution in [-0.2, 0) is 5.41 Å². The van der Waals surface area contributed by atoms with Gasteiger partial charge in [-0.05, 0) is 69.3 Å². The van der Waals surface area contributed by atoms with E-state index in [1.54, 1.807) is 0 Å². The van der Waals surface area contributed by atoms with E-state index >= 15 is 105 Å². The molecule has 0 atom stereocenters. The quantitative estimate of drug-likeness (QED) is 0.0250. The highest BCUT2D eigenvalue weighted by atomic mass is 32.1. The van der Waals surface area contributed by atoms with Crippen molar-refractivity contribution in [1.82, 2.24) is 9.97 Å². The van der Waals surface area contributed by atoms with E-state index < -0.39 is 236 Å². The monoisotopic (exact) mass is 1480 g/mol. The molecule has 2 aromatic heterocycles. The molecule has 0 spiro atoms. The highest BCUT2D eigenvalue weighted by molar-refractivity contribution is 7.19. The standard InChI is InChI=1S/C67H34B2F28N2S2/c1-3-5-7-9-15-67(16-10-8-6-4-2)25-17-21(27-19-98-65(100-27)29-31(39(72)51(84)49(82)37(29)70)68(33-41(74)53(86)61(94)54(87)42(33)75)34-43(76)55(88)62(95)56(89)44(34)77)11-13-23(25)24-14-12-22(18-26(24)67)28-20-99-66(101-28)30-32(40(73)52(85)50(83)38(30)71)69(35-45(78)57(90)63(96)58(91)46(35)79)36-47(80)59(92)64(97)60(93)48(36)81/h11-14,17-20H,3-10,15-16H2,1-2H3. The minimum absolute atomic E-state index is 0.0341. The molecule has 0 N–H and O–H groups in total. The summed E-state index contributed by atoms with van der Waals surface area (Å²) in [5, 5.41) is -2.32. The van der Waals surface area contributed by atoms with Crippen molar-refractivity contribution in [3.05, 3.63) is 223 Å². The molecule has 8 aromatic carbocycles. The van der Waals surface area contributed by atoms with E-state index in [0.29, 0.717) is 73.6 Å². The van der Waals surface area contributed by atoms with Gasteiger partial charge in [-0.1, -0.05) is 89.5 Å². The first-order valence-corrected chi connectivity index (χ1v) is 31.4. The van der Waals surface area contributed by atoms with Crippen LogP contribution in [-0.4, -0.2) is 23.4 Å². The average molecular weight is 1480 g/mol. The van der Waals surface area contributed by atoms with Crippen molar-refractivity contribution in [3.8, 4) is 53.2 Å². The molecule has 0 amide bonds. The van der Waals surface area contributed by atoms with E-state index in [2.05, 4.69) is 9.97 Å². The Bertz CT molecular complexity index is 4530. The van der Waals surface area contributed by atoms with Crippen LogP contribution in [0.15, 0.2) is 48.8 Å². The Morgan fingerprint density at radius 3 is 0.782 bits per heavy atom. The summed E-state index contributed by atoms with van der Waals surface area (Å²) in [6, 6.07) is 8.79. The zero-order chi connectivity index (χ0) is 73.8. The second-order valence-electron chi connectivity index (χ2n) is 23.2. The number of thiazole rings is 2. The molecule has 34 heteroatoms. The number of hydrogen-bond donors (Lipinski definition) is 0. The van der Waals surface area contributed by atoms with Gasteiger partial charge in [0.25, 0.3) is 13.4 Å². The number of nitrogens with zero attached hydrogens (tertiary/aromatic N) is 2. The van der Waals surface area contributed by atoms with Crippen LogP contribution in [0.4, 0.5) is 123 Å². The van der Waals surface area contributed by atoms with Crippen molar-refractivity contribution < 1.29 is 123 Å². The Labute approximate surface area is 559 Å². The minimum Gasteiger partial charge on any atom is -0.244 e. The summed E-state index contributed by atoms with van der Waals surface area (Å²) in [5.74, 6) is -83.9. The molecule has 11 rings (SSSR count). The van der Waals surface area contributed by atoms with Crippen LogP contribution in [0.2, 0.25) is 0 Å². The number of aromatic nitrogens is 2. The Balaban J connectivity index is 1.09. The minimum atomic E-state index is -3.98. The van der Waals surface area contributed by atoms with Gasteiger partial charge in [0.2, 0.25) is 0 Å². The van der Waals surface area contributed by atoms with E-state index in [1.165, 1.54) is 36.4 Å². The fourth-order valence-corrected chi connectivity index (χ4v) is 14.8. The average Bonchev–Trinajstić information content (AvgIpc) is 1.61. The van der Waals surface area contributed by atoms with Gasteiger partial charge in [0.05, 0.1) is 9.75 Å². The summed E-state index contributed by atoms with van der Waals surface area (Å²) in [5.41, 5.74) is -18.4. The highest BCUT2D eigenvalue weighted by Gasteiger charge is 2.49. The smallest absolute Gasteiger partial charge is 0.244 e. The molecule has 0 radical (unpaired) electrons. The van der Waals surface area contributed by atoms with E-state index in [9.17, 15) is 17.6 Å². The summed E-state index contributed by atoms with van der Waals surface area (Å²) in [7, 11) is 0. The summed E-state index contributed by atoms with van der Waals surface area (Å²) in [6.45, 7) is -4.19. The molecule has 0 fully saturated rings. The van der Waals surface area contributed by atoms with Gasteiger partial charge in [0, 0.05) is 50.8 Å². The Morgan fingerprint density at radius 2 is 0.525 bits per heavy atom. The zero-order valence-electron chi connectivity index (χ0n) is 50.6. The molecular weight excluding hydrogens is 1450 g/mol. The van der Waals surface area contributed by atoms with Crippen LogP contribution in [0.3, 0.4) is 0 Å². The largest absolute Gasteiger partial charge is 0.262 e. The molecule has 101 heavy (non-hydrogen) atoms. The molecule has 10 aromatic rings. The first-order chi connectivity index (χ1) is 47.7. The van der Waals surface area contributed by atoms with Crippen molar-refractivity contribution in [3.63, 3.8) is 0 Å². The van der Waals surface area contributed by atoms with E-state index in [4.69, 9.17) is 0 Å². The van der Waals surface area contributed by atoms with Crippen molar-refractivity contribution in [1.29, 1.82) is 0 Å². The Hall–Kier alpha value is -8.81. The molecule has 1 aliphatic rings. The van der Waals surface area contributed by atoms with Crippen molar-refractivity contribution in [2.24, 2.45) is 0 Å². The van der Waals surface area contributed by atoms with Gasteiger partial charge in [0.15, 0.2) is 163 Å². The first-order valence-electron chi connectivity index (χ1n) is 29.7. The van der Waals surface area contributed by atoms with Gasteiger partial charge in [-0.25, -0.2) is 133 Å². The molecule has 0 unspecified atom stereocenters. The SMILES string of the molecule is CCCCCCC1(CCCCCC)c2cc(-c3cnc(-c4c(F)c(F)c(F)c(F)c4B(c4c(F)c(F)c(F)c(F)c4F)c4c(F)c(F)c(F)c(F)c4F)s3)ccc2-c2ccc(-c3cnc(-c4c(F)c(F)c(F)c(F)c4B(c4c(F)c(F)c(F)c(F)c4F)c4c(F)c(F)c(F)c(F)c4F)s3)cc21. The summed E-state index contributed by atoms with van der Waals surface area (Å²) >= 11 is 0.304. The van der Waals surface area contributed by atoms with Gasteiger partial charge in [-0.15, -0.1) is 22.7 Å². The zero-order valence-corrected chi connectivity index (χ0v) is 52.3. The normalized spacial score (nSPS) is 12.5. The molecule has 0 bridgehead atoms. The predicted octanol–water partition coefficient (Wildman–Crippen LogP) is 18.4. The molecule has 0 saturated heterocycles. The predicted molar refractivity (Wildman–Crippen MR) is 317 cm³/mol. The number of rotatable bonds is 20. The van der Waals surface area contributed by atoms with Crippen LogP contribution < -0.4 is 32.8 Å². The van der Waals surface area contributed by atoms with Gasteiger partial charge < -0.3 is 0 Å².